The molecular formula is C10H11FO2. The van der Waals surface area contributed by atoms with Gasteiger partial charge in [-0.2, -0.15) is 0 Å². The maximum absolute atomic E-state index is 11.7. The summed E-state index contributed by atoms with van der Waals surface area (Å²) in [6.07, 6.45) is 0. The molecule has 70 valence electrons. The number of hydrogen-bond acceptors (Lipinski definition) is 2. The Morgan fingerprint density at radius 2 is 2.31 bits per heavy atom. The molecule has 0 radical (unpaired) electrons. The molecular weight excluding hydrogens is 171 g/mol. The highest BCUT2D eigenvalue weighted by Gasteiger charge is 2.00. The van der Waals surface area contributed by atoms with Crippen molar-refractivity contribution in [1.82, 2.24) is 0 Å². The average molecular weight is 182 g/mol. The van der Waals surface area contributed by atoms with E-state index in [1.807, 2.05) is 0 Å². The van der Waals surface area contributed by atoms with E-state index in [1.54, 1.807) is 24.3 Å². The standard InChI is InChI=1S/C10H11FO2/c1-8(12)9-3-2-4-10(7-9)13-6-5-11/h2-4,7H,5-6H2,1H3. The predicted molar refractivity (Wildman–Crippen MR) is 47.9 cm³/mol. The smallest absolute Gasteiger partial charge is 0.159 e. The molecule has 1 aromatic carbocycles. The molecule has 0 saturated carbocycles. The van der Waals surface area contributed by atoms with E-state index >= 15 is 0 Å². The van der Waals surface area contributed by atoms with Crippen molar-refractivity contribution in [2.75, 3.05) is 13.3 Å². The van der Waals surface area contributed by atoms with Crippen LogP contribution in [0.4, 0.5) is 4.39 Å². The Labute approximate surface area is 76.3 Å². The summed E-state index contributed by atoms with van der Waals surface area (Å²) in [5.74, 6) is 0.510. The Morgan fingerprint density at radius 1 is 1.54 bits per heavy atom. The van der Waals surface area contributed by atoms with Gasteiger partial charge in [0.15, 0.2) is 5.78 Å². The first-order chi connectivity index (χ1) is 6.24. The number of benzene rings is 1. The molecule has 0 aromatic heterocycles. The summed E-state index contributed by atoms with van der Waals surface area (Å²) >= 11 is 0. The first-order valence-electron chi connectivity index (χ1n) is 4.04. The van der Waals surface area contributed by atoms with Gasteiger partial charge in [0.2, 0.25) is 0 Å². The van der Waals surface area contributed by atoms with Crippen LogP contribution in [0.3, 0.4) is 0 Å². The summed E-state index contributed by atoms with van der Waals surface area (Å²) in [5, 5.41) is 0. The van der Waals surface area contributed by atoms with Gasteiger partial charge in [0.1, 0.15) is 19.0 Å². The number of ketones is 1. The van der Waals surface area contributed by atoms with Crippen LogP contribution in [0.15, 0.2) is 24.3 Å². The fourth-order valence-electron chi connectivity index (χ4n) is 0.961. The topological polar surface area (TPSA) is 26.3 Å². The summed E-state index contributed by atoms with van der Waals surface area (Å²) in [5.41, 5.74) is 0.580. The quantitative estimate of drug-likeness (QED) is 0.667. The van der Waals surface area contributed by atoms with Gasteiger partial charge in [-0.05, 0) is 19.1 Å². The normalized spacial score (nSPS) is 9.69. The molecule has 0 aliphatic rings. The van der Waals surface area contributed by atoms with E-state index in [1.165, 1.54) is 6.92 Å². The molecule has 0 bridgehead atoms. The third-order valence-corrected chi connectivity index (χ3v) is 1.59. The monoisotopic (exact) mass is 182 g/mol. The number of alkyl halides is 1. The van der Waals surface area contributed by atoms with Crippen molar-refractivity contribution in [3.05, 3.63) is 29.8 Å². The third kappa shape index (κ3) is 2.86. The van der Waals surface area contributed by atoms with E-state index in [9.17, 15) is 9.18 Å². The van der Waals surface area contributed by atoms with Gasteiger partial charge < -0.3 is 4.74 Å². The van der Waals surface area contributed by atoms with Gasteiger partial charge in [-0.25, -0.2) is 4.39 Å². The van der Waals surface area contributed by atoms with Crippen LogP contribution in [0.1, 0.15) is 17.3 Å². The lowest BCUT2D eigenvalue weighted by Crippen LogP contribution is -2.00. The second-order valence-electron chi connectivity index (χ2n) is 2.62. The zero-order valence-corrected chi connectivity index (χ0v) is 7.42. The van der Waals surface area contributed by atoms with E-state index in [0.29, 0.717) is 11.3 Å². The molecule has 0 fully saturated rings. The van der Waals surface area contributed by atoms with Crippen molar-refractivity contribution >= 4 is 5.78 Å². The molecule has 2 nitrogen and oxygen atoms in total. The van der Waals surface area contributed by atoms with Crippen molar-refractivity contribution in [3.8, 4) is 5.75 Å². The molecule has 1 rings (SSSR count). The number of hydrogen-bond donors (Lipinski definition) is 0. The summed E-state index contributed by atoms with van der Waals surface area (Å²) in [6, 6.07) is 6.72. The Balaban J connectivity index is 2.73. The Bertz CT molecular complexity index is 297. The lowest BCUT2D eigenvalue weighted by Gasteiger charge is -2.03. The van der Waals surface area contributed by atoms with Gasteiger partial charge >= 0.3 is 0 Å². The average Bonchev–Trinajstić information content (AvgIpc) is 2.15. The lowest BCUT2D eigenvalue weighted by molar-refractivity contribution is 0.101. The van der Waals surface area contributed by atoms with Crippen LogP contribution in [-0.4, -0.2) is 19.1 Å². The van der Waals surface area contributed by atoms with Crippen molar-refractivity contribution in [3.63, 3.8) is 0 Å². The van der Waals surface area contributed by atoms with E-state index in [0.717, 1.165) is 0 Å². The van der Waals surface area contributed by atoms with Gasteiger partial charge in [0.25, 0.3) is 0 Å². The molecule has 0 amide bonds. The van der Waals surface area contributed by atoms with Gasteiger partial charge in [0, 0.05) is 5.56 Å². The van der Waals surface area contributed by atoms with Crippen molar-refractivity contribution < 1.29 is 13.9 Å². The summed E-state index contributed by atoms with van der Waals surface area (Å²) in [6.45, 7) is 0.986. The van der Waals surface area contributed by atoms with Crippen LogP contribution in [0, 0.1) is 0 Å². The van der Waals surface area contributed by atoms with Gasteiger partial charge in [-0.1, -0.05) is 12.1 Å². The Kier molecular flexibility index (Phi) is 3.43. The highest BCUT2D eigenvalue weighted by molar-refractivity contribution is 5.94. The molecule has 0 unspecified atom stereocenters. The molecule has 0 N–H and O–H groups in total. The Hall–Kier alpha value is -1.38. The molecule has 0 atom stereocenters. The van der Waals surface area contributed by atoms with E-state index < -0.39 is 6.67 Å². The molecule has 0 saturated heterocycles. The summed E-state index contributed by atoms with van der Waals surface area (Å²) < 4.78 is 16.8. The SMILES string of the molecule is CC(=O)c1cccc(OCCF)c1. The second-order valence-corrected chi connectivity index (χ2v) is 2.62. The highest BCUT2D eigenvalue weighted by Crippen LogP contribution is 2.13. The number of rotatable bonds is 4. The van der Waals surface area contributed by atoms with Crippen LogP contribution < -0.4 is 4.74 Å². The molecule has 0 spiro atoms. The highest BCUT2D eigenvalue weighted by atomic mass is 19.1. The van der Waals surface area contributed by atoms with Crippen molar-refractivity contribution in [2.24, 2.45) is 0 Å². The first kappa shape index (κ1) is 9.71. The lowest BCUT2D eigenvalue weighted by atomic mass is 10.1. The number of halogens is 1. The molecule has 0 heterocycles. The maximum Gasteiger partial charge on any atom is 0.159 e. The summed E-state index contributed by atoms with van der Waals surface area (Å²) in [7, 11) is 0. The first-order valence-corrected chi connectivity index (χ1v) is 4.04. The van der Waals surface area contributed by atoms with E-state index in [4.69, 9.17) is 4.74 Å². The molecule has 3 heteroatoms. The van der Waals surface area contributed by atoms with E-state index in [2.05, 4.69) is 0 Å². The van der Waals surface area contributed by atoms with Gasteiger partial charge in [0.05, 0.1) is 0 Å². The molecule has 13 heavy (non-hydrogen) atoms. The number of carbonyl (C=O) groups is 1. The maximum atomic E-state index is 11.7. The minimum Gasteiger partial charge on any atom is -0.491 e. The van der Waals surface area contributed by atoms with Crippen LogP contribution >= 0.6 is 0 Å². The van der Waals surface area contributed by atoms with Crippen LogP contribution in [0.25, 0.3) is 0 Å². The summed E-state index contributed by atoms with van der Waals surface area (Å²) in [4.78, 5) is 10.9. The zero-order valence-electron chi connectivity index (χ0n) is 7.42. The van der Waals surface area contributed by atoms with Crippen molar-refractivity contribution in [2.45, 2.75) is 6.92 Å². The zero-order chi connectivity index (χ0) is 9.68. The molecule has 0 aliphatic carbocycles. The van der Waals surface area contributed by atoms with Crippen LogP contribution in [0.2, 0.25) is 0 Å². The molecule has 0 aliphatic heterocycles. The number of Topliss-reactive ketones (excluding diaryl/α,β-unsaturated/α-hetero) is 1. The molecule has 1 aromatic rings. The number of ether oxygens (including phenoxy) is 1. The Morgan fingerprint density at radius 3 is 2.92 bits per heavy atom. The predicted octanol–water partition coefficient (Wildman–Crippen LogP) is 2.24. The van der Waals surface area contributed by atoms with Gasteiger partial charge in [-0.3, -0.25) is 4.79 Å². The fourth-order valence-corrected chi connectivity index (χ4v) is 0.961. The van der Waals surface area contributed by atoms with Gasteiger partial charge in [-0.15, -0.1) is 0 Å². The largest absolute Gasteiger partial charge is 0.491 e. The van der Waals surface area contributed by atoms with Crippen LogP contribution in [-0.2, 0) is 0 Å². The number of carbonyl (C=O) groups excluding carboxylic acids is 1. The minimum atomic E-state index is -0.524. The third-order valence-electron chi connectivity index (χ3n) is 1.59. The second kappa shape index (κ2) is 4.60. The van der Waals surface area contributed by atoms with Crippen LogP contribution in [0.5, 0.6) is 5.75 Å². The van der Waals surface area contributed by atoms with Crippen molar-refractivity contribution in [1.29, 1.82) is 0 Å². The minimum absolute atomic E-state index is 0.0225. The van der Waals surface area contributed by atoms with E-state index in [-0.39, 0.29) is 12.4 Å². The fraction of sp³-hybridized carbons (Fsp3) is 0.300.